The first kappa shape index (κ1) is 22.7. The van der Waals surface area contributed by atoms with E-state index in [2.05, 4.69) is 26.6 Å². The predicted octanol–water partition coefficient (Wildman–Crippen LogP) is 4.33. The number of rotatable bonds is 10. The smallest absolute Gasteiger partial charge is 0.252 e. The van der Waals surface area contributed by atoms with E-state index in [1.54, 1.807) is 6.26 Å². The van der Waals surface area contributed by atoms with Crippen molar-refractivity contribution in [1.82, 2.24) is 10.6 Å². The van der Waals surface area contributed by atoms with Crippen LogP contribution in [0.4, 0.5) is 4.39 Å². The molecular formula is C23H22BrFN2O4. The van der Waals surface area contributed by atoms with E-state index in [1.165, 1.54) is 12.1 Å². The van der Waals surface area contributed by atoms with Crippen molar-refractivity contribution >= 4 is 27.7 Å². The van der Waals surface area contributed by atoms with E-state index in [4.69, 9.17) is 9.15 Å². The normalized spacial score (nSPS) is 10.6. The van der Waals surface area contributed by atoms with Crippen LogP contribution in [-0.4, -0.2) is 18.4 Å². The molecule has 0 saturated carbocycles. The Morgan fingerprint density at radius 3 is 2.65 bits per heavy atom. The van der Waals surface area contributed by atoms with Crippen LogP contribution in [-0.2, 0) is 29.3 Å². The molecule has 31 heavy (non-hydrogen) atoms. The fourth-order valence-corrected chi connectivity index (χ4v) is 3.27. The summed E-state index contributed by atoms with van der Waals surface area (Å²) in [4.78, 5) is 24.2. The van der Waals surface area contributed by atoms with E-state index >= 15 is 0 Å². The van der Waals surface area contributed by atoms with Gasteiger partial charge in [-0.25, -0.2) is 4.39 Å². The number of hydrogen-bond donors (Lipinski definition) is 2. The second-order valence-electron chi connectivity index (χ2n) is 6.80. The van der Waals surface area contributed by atoms with E-state index in [0.29, 0.717) is 24.2 Å². The van der Waals surface area contributed by atoms with Crippen LogP contribution < -0.4 is 10.6 Å². The topological polar surface area (TPSA) is 80.6 Å². The van der Waals surface area contributed by atoms with Crippen molar-refractivity contribution in [3.05, 3.63) is 93.6 Å². The number of amides is 2. The van der Waals surface area contributed by atoms with Gasteiger partial charge in [-0.05, 0) is 57.4 Å². The van der Waals surface area contributed by atoms with E-state index in [1.807, 2.05) is 36.4 Å². The Bertz CT molecular complexity index is 1020. The maximum atomic E-state index is 13.3. The minimum Gasteiger partial charge on any atom is -0.467 e. The van der Waals surface area contributed by atoms with Crippen LogP contribution >= 0.6 is 15.9 Å². The summed E-state index contributed by atoms with van der Waals surface area (Å²) in [7, 11) is 0. The van der Waals surface area contributed by atoms with Crippen LogP contribution in [0.25, 0.3) is 0 Å². The quantitative estimate of drug-likeness (QED) is 0.444. The molecule has 1 heterocycles. The molecule has 6 nitrogen and oxygen atoms in total. The van der Waals surface area contributed by atoms with Crippen LogP contribution in [0.2, 0.25) is 0 Å². The van der Waals surface area contributed by atoms with Crippen molar-refractivity contribution in [3.63, 3.8) is 0 Å². The number of carbonyl (C=O) groups excluding carboxylic acids is 2. The zero-order valence-electron chi connectivity index (χ0n) is 16.7. The monoisotopic (exact) mass is 488 g/mol. The molecular weight excluding hydrogens is 467 g/mol. The molecule has 0 spiro atoms. The number of ether oxygens (including phenoxy) is 1. The zero-order valence-corrected chi connectivity index (χ0v) is 18.3. The molecule has 3 aromatic rings. The Kier molecular flexibility index (Phi) is 8.37. The molecule has 0 fully saturated rings. The van der Waals surface area contributed by atoms with Gasteiger partial charge in [0.2, 0.25) is 5.91 Å². The number of halogens is 2. The van der Waals surface area contributed by atoms with Gasteiger partial charge >= 0.3 is 0 Å². The molecule has 0 atom stereocenters. The molecule has 1 aromatic heterocycles. The summed E-state index contributed by atoms with van der Waals surface area (Å²) in [5.74, 6) is -0.376. The van der Waals surface area contributed by atoms with Gasteiger partial charge in [0.05, 0.1) is 18.4 Å². The minimum absolute atomic E-state index is 0.116. The summed E-state index contributed by atoms with van der Waals surface area (Å²) < 4.78 is 24.6. The fraction of sp³-hybridized carbons (Fsp3) is 0.217. The largest absolute Gasteiger partial charge is 0.467 e. The highest BCUT2D eigenvalue weighted by Gasteiger charge is 2.11. The van der Waals surface area contributed by atoms with Gasteiger partial charge in [0, 0.05) is 24.0 Å². The van der Waals surface area contributed by atoms with E-state index < -0.39 is 11.7 Å². The molecule has 8 heteroatoms. The van der Waals surface area contributed by atoms with Crippen LogP contribution in [0, 0.1) is 5.82 Å². The third-order valence-corrected chi connectivity index (χ3v) is 5.08. The van der Waals surface area contributed by atoms with Crippen LogP contribution in [0.15, 0.2) is 69.8 Å². The third kappa shape index (κ3) is 7.34. The van der Waals surface area contributed by atoms with Gasteiger partial charge in [0.15, 0.2) is 0 Å². The summed E-state index contributed by atoms with van der Waals surface area (Å²) in [5, 5.41) is 5.44. The molecule has 0 radical (unpaired) electrons. The molecule has 2 N–H and O–H groups in total. The Morgan fingerprint density at radius 2 is 1.84 bits per heavy atom. The Balaban J connectivity index is 1.38. The number of hydrogen-bond acceptors (Lipinski definition) is 4. The van der Waals surface area contributed by atoms with Gasteiger partial charge < -0.3 is 19.8 Å². The lowest BCUT2D eigenvalue weighted by Gasteiger charge is -2.09. The summed E-state index contributed by atoms with van der Waals surface area (Å²) in [6, 6.07) is 15.3. The first-order valence-corrected chi connectivity index (χ1v) is 10.5. The van der Waals surface area contributed by atoms with Crippen LogP contribution in [0.1, 0.15) is 33.7 Å². The fourth-order valence-electron chi connectivity index (χ4n) is 2.84. The maximum Gasteiger partial charge on any atom is 0.252 e. The lowest BCUT2D eigenvalue weighted by molar-refractivity contribution is -0.121. The van der Waals surface area contributed by atoms with Crippen molar-refractivity contribution in [1.29, 1.82) is 0 Å². The summed E-state index contributed by atoms with van der Waals surface area (Å²) in [5.41, 5.74) is 2.12. The first-order valence-electron chi connectivity index (χ1n) is 9.69. The molecule has 0 unspecified atom stereocenters. The second-order valence-corrected chi connectivity index (χ2v) is 7.65. The number of furan rings is 1. The average molecular weight is 489 g/mol. The van der Waals surface area contributed by atoms with E-state index in [9.17, 15) is 14.0 Å². The Morgan fingerprint density at radius 1 is 1.00 bits per heavy atom. The lowest BCUT2D eigenvalue weighted by atomic mass is 10.1. The van der Waals surface area contributed by atoms with Crippen molar-refractivity contribution in [3.8, 4) is 0 Å². The lowest BCUT2D eigenvalue weighted by Crippen LogP contribution is -2.30. The summed E-state index contributed by atoms with van der Waals surface area (Å²) >= 11 is 3.21. The summed E-state index contributed by atoms with van der Waals surface area (Å²) in [6.07, 6.45) is 1.72. The molecule has 162 valence electrons. The number of carbonyl (C=O) groups is 2. The van der Waals surface area contributed by atoms with Crippen molar-refractivity contribution in [2.75, 3.05) is 6.54 Å². The van der Waals surface area contributed by atoms with Crippen molar-refractivity contribution in [2.45, 2.75) is 26.2 Å². The zero-order chi connectivity index (χ0) is 22.1. The minimum atomic E-state index is -0.500. The average Bonchev–Trinajstić information content (AvgIpc) is 3.28. The SMILES string of the molecule is O=C(CCNC(=O)c1cc(F)ccc1Br)NCc1cccc(COCc2ccco2)c1. The van der Waals surface area contributed by atoms with E-state index in [0.717, 1.165) is 23.0 Å². The summed E-state index contributed by atoms with van der Waals surface area (Å²) in [6.45, 7) is 1.35. The predicted molar refractivity (Wildman–Crippen MR) is 117 cm³/mol. The Labute approximate surface area is 187 Å². The Hall–Kier alpha value is -2.97. The highest BCUT2D eigenvalue weighted by Crippen LogP contribution is 2.17. The molecule has 2 amide bonds. The first-order chi connectivity index (χ1) is 15.0. The molecule has 0 aliphatic rings. The third-order valence-electron chi connectivity index (χ3n) is 4.38. The highest BCUT2D eigenvalue weighted by molar-refractivity contribution is 9.10. The highest BCUT2D eigenvalue weighted by atomic mass is 79.9. The van der Waals surface area contributed by atoms with Gasteiger partial charge in [-0.3, -0.25) is 9.59 Å². The maximum absolute atomic E-state index is 13.3. The molecule has 0 saturated heterocycles. The van der Waals surface area contributed by atoms with Crippen molar-refractivity contribution < 1.29 is 23.1 Å². The molecule has 0 bridgehead atoms. The number of benzene rings is 2. The second kappa shape index (κ2) is 11.4. The molecule has 3 rings (SSSR count). The number of nitrogens with one attached hydrogen (secondary N) is 2. The van der Waals surface area contributed by atoms with Gasteiger partial charge in [0.1, 0.15) is 18.2 Å². The molecule has 2 aromatic carbocycles. The van der Waals surface area contributed by atoms with Crippen molar-refractivity contribution in [2.24, 2.45) is 0 Å². The van der Waals surface area contributed by atoms with E-state index in [-0.39, 0.29) is 24.4 Å². The molecule has 0 aliphatic heterocycles. The van der Waals surface area contributed by atoms with Crippen LogP contribution in [0.3, 0.4) is 0 Å². The molecule has 0 aliphatic carbocycles. The van der Waals surface area contributed by atoms with Gasteiger partial charge in [0.25, 0.3) is 5.91 Å². The van der Waals surface area contributed by atoms with Crippen LogP contribution in [0.5, 0.6) is 0 Å². The van der Waals surface area contributed by atoms with Gasteiger partial charge in [-0.1, -0.05) is 24.3 Å². The van der Waals surface area contributed by atoms with Gasteiger partial charge in [-0.15, -0.1) is 0 Å². The van der Waals surface area contributed by atoms with Gasteiger partial charge in [-0.2, -0.15) is 0 Å². The standard InChI is InChI=1S/C23H22BrFN2O4/c24-21-7-6-18(25)12-20(21)23(29)26-9-8-22(28)27-13-16-3-1-4-17(11-16)14-30-15-19-5-2-10-31-19/h1-7,10-12H,8-9,13-15H2,(H,26,29)(H,27,28).